The molecule has 0 aliphatic heterocycles. The van der Waals surface area contributed by atoms with Crippen molar-refractivity contribution in [1.29, 1.82) is 0 Å². The maximum Gasteiger partial charge on any atom is 0.274 e. The zero-order valence-corrected chi connectivity index (χ0v) is 23.3. The van der Waals surface area contributed by atoms with Crippen molar-refractivity contribution in [3.8, 4) is 16.9 Å². The fourth-order valence-corrected chi connectivity index (χ4v) is 5.21. The molecule has 1 aliphatic carbocycles. The number of para-hydroxylation sites is 1. The van der Waals surface area contributed by atoms with E-state index in [2.05, 4.69) is 10.3 Å². The molecular formula is C31H28ClFN4O3. The average molecular weight is 559 g/mol. The molecule has 0 radical (unpaired) electrons. The fourth-order valence-electron chi connectivity index (χ4n) is 4.93. The van der Waals surface area contributed by atoms with E-state index in [4.69, 9.17) is 11.6 Å². The number of halogens is 2. The lowest BCUT2D eigenvalue weighted by atomic mass is 10.0. The predicted molar refractivity (Wildman–Crippen MR) is 154 cm³/mol. The van der Waals surface area contributed by atoms with E-state index in [1.165, 1.54) is 15.5 Å². The second-order valence-corrected chi connectivity index (χ2v) is 10.6. The summed E-state index contributed by atoms with van der Waals surface area (Å²) >= 11 is 6.62. The molecule has 5 rings (SSSR count). The highest BCUT2D eigenvalue weighted by molar-refractivity contribution is 6.31. The minimum Gasteiger partial charge on any atom is -0.345 e. The van der Waals surface area contributed by atoms with Gasteiger partial charge in [-0.2, -0.15) is 0 Å². The van der Waals surface area contributed by atoms with E-state index in [1.807, 2.05) is 36.4 Å². The maximum atomic E-state index is 15.4. The molecule has 0 saturated heterocycles. The minimum atomic E-state index is -0.686. The van der Waals surface area contributed by atoms with Gasteiger partial charge in [-0.25, -0.2) is 4.39 Å². The molecule has 0 bridgehead atoms. The van der Waals surface area contributed by atoms with E-state index in [-0.39, 0.29) is 39.6 Å². The molecule has 4 aromatic rings. The molecule has 2 heterocycles. The Morgan fingerprint density at radius 3 is 2.50 bits per heavy atom. The molecular weight excluding hydrogens is 531 g/mol. The van der Waals surface area contributed by atoms with Crippen LogP contribution in [-0.4, -0.2) is 40.4 Å². The van der Waals surface area contributed by atoms with Crippen LogP contribution in [0.4, 0.5) is 10.1 Å². The average Bonchev–Trinajstić information content (AvgIpc) is 3.73. The number of anilines is 1. The number of nitrogens with one attached hydrogen (secondary N) is 1. The van der Waals surface area contributed by atoms with Crippen molar-refractivity contribution >= 4 is 29.1 Å². The Bertz CT molecular complexity index is 1700. The number of benzene rings is 2. The van der Waals surface area contributed by atoms with E-state index in [9.17, 15) is 14.4 Å². The molecule has 2 aromatic heterocycles. The number of carbonyl (C=O) groups excluding carboxylic acids is 2. The van der Waals surface area contributed by atoms with Crippen LogP contribution in [0, 0.1) is 25.6 Å². The first-order chi connectivity index (χ1) is 19.1. The molecule has 0 unspecified atom stereocenters. The zero-order chi connectivity index (χ0) is 28.7. The number of amides is 2. The van der Waals surface area contributed by atoms with Gasteiger partial charge >= 0.3 is 0 Å². The van der Waals surface area contributed by atoms with E-state index < -0.39 is 17.3 Å². The zero-order valence-electron chi connectivity index (χ0n) is 22.5. The van der Waals surface area contributed by atoms with Crippen LogP contribution in [-0.2, 0) is 4.79 Å². The van der Waals surface area contributed by atoms with Gasteiger partial charge in [0.1, 0.15) is 10.8 Å². The summed E-state index contributed by atoms with van der Waals surface area (Å²) in [6, 6.07) is 17.2. The summed E-state index contributed by atoms with van der Waals surface area (Å²) < 4.78 is 16.9. The van der Waals surface area contributed by atoms with Crippen molar-refractivity contribution in [2.24, 2.45) is 5.92 Å². The number of pyridine rings is 2. The number of hydrogen-bond donors (Lipinski definition) is 1. The third kappa shape index (κ3) is 5.02. The Labute approximate surface area is 236 Å². The van der Waals surface area contributed by atoms with Crippen molar-refractivity contribution in [1.82, 2.24) is 14.5 Å². The highest BCUT2D eigenvalue weighted by Gasteiger charge is 2.45. The van der Waals surface area contributed by atoms with E-state index >= 15 is 4.39 Å². The normalized spacial score (nSPS) is 15.9. The first-order valence-corrected chi connectivity index (χ1v) is 13.2. The molecule has 2 amide bonds. The summed E-state index contributed by atoms with van der Waals surface area (Å²) in [5.74, 6) is -1.69. The number of hydrogen-bond acceptors (Lipinski definition) is 4. The molecule has 1 fully saturated rings. The summed E-state index contributed by atoms with van der Waals surface area (Å²) in [5, 5.41) is 2.96. The molecule has 7 nitrogen and oxygen atoms in total. The van der Waals surface area contributed by atoms with Crippen molar-refractivity contribution in [3.05, 3.63) is 110 Å². The quantitative estimate of drug-likeness (QED) is 0.326. The minimum absolute atomic E-state index is 0.0492. The van der Waals surface area contributed by atoms with E-state index in [0.717, 1.165) is 0 Å². The monoisotopic (exact) mass is 558 g/mol. The van der Waals surface area contributed by atoms with Gasteiger partial charge in [0.2, 0.25) is 5.91 Å². The number of carbonyl (C=O) groups is 2. The molecule has 1 N–H and O–H groups in total. The standard InChI is InChI=1S/C31H28ClFN4O3/c1-17-16-34-25(20-11-8-12-21(28(20)33)30(39)36(3)4)15-26(17)37-18(2)13-23(27(32)31(37)40)22-14-24(22)29(38)35-19-9-6-5-7-10-19/h5-13,15-16,22,24H,14H2,1-4H3,(H,35,38)/t22-,24+/m1/s1. The summed E-state index contributed by atoms with van der Waals surface area (Å²) in [7, 11) is 3.11. The second kappa shape index (κ2) is 10.7. The first kappa shape index (κ1) is 27.3. The van der Waals surface area contributed by atoms with Crippen molar-refractivity contribution < 1.29 is 14.0 Å². The van der Waals surface area contributed by atoms with Gasteiger partial charge in [0, 0.05) is 43.2 Å². The summed E-state index contributed by atoms with van der Waals surface area (Å²) in [6.07, 6.45) is 2.16. The number of nitrogens with zero attached hydrogens (tertiary/aromatic N) is 3. The molecule has 9 heteroatoms. The Morgan fingerprint density at radius 1 is 1.07 bits per heavy atom. The third-order valence-corrected chi connectivity index (χ3v) is 7.54. The molecule has 204 valence electrons. The van der Waals surface area contributed by atoms with Gasteiger partial charge < -0.3 is 10.2 Å². The van der Waals surface area contributed by atoms with Gasteiger partial charge in [0.05, 0.1) is 16.9 Å². The Kier molecular flexibility index (Phi) is 7.29. The smallest absolute Gasteiger partial charge is 0.274 e. The highest BCUT2D eigenvalue weighted by atomic mass is 35.5. The Balaban J connectivity index is 1.48. The van der Waals surface area contributed by atoms with Crippen LogP contribution >= 0.6 is 11.6 Å². The fraction of sp³-hybridized carbons (Fsp3) is 0.226. The lowest BCUT2D eigenvalue weighted by molar-refractivity contribution is -0.117. The molecule has 0 spiro atoms. The van der Waals surface area contributed by atoms with Crippen molar-refractivity contribution in [2.45, 2.75) is 26.2 Å². The lowest BCUT2D eigenvalue weighted by Gasteiger charge is -2.17. The topological polar surface area (TPSA) is 84.3 Å². The van der Waals surface area contributed by atoms with Gasteiger partial charge in [0.15, 0.2) is 0 Å². The van der Waals surface area contributed by atoms with Crippen molar-refractivity contribution in [2.75, 3.05) is 19.4 Å². The molecule has 2 atom stereocenters. The SMILES string of the molecule is Cc1cnc(-c2cccc(C(=O)N(C)C)c2F)cc1-n1c(C)cc([C@H]2C[C@@H]2C(=O)Nc2ccccc2)c(Cl)c1=O. The molecule has 40 heavy (non-hydrogen) atoms. The van der Waals surface area contributed by atoms with Gasteiger partial charge in [-0.05, 0) is 73.7 Å². The van der Waals surface area contributed by atoms with Gasteiger partial charge in [-0.15, -0.1) is 0 Å². The highest BCUT2D eigenvalue weighted by Crippen LogP contribution is 2.49. The number of aromatic nitrogens is 2. The molecule has 1 saturated carbocycles. The first-order valence-electron chi connectivity index (χ1n) is 12.8. The van der Waals surface area contributed by atoms with Gasteiger partial charge in [0.25, 0.3) is 11.5 Å². The van der Waals surface area contributed by atoms with Crippen LogP contribution in [0.25, 0.3) is 16.9 Å². The summed E-state index contributed by atoms with van der Waals surface area (Å²) in [5.41, 5.74) is 3.09. The van der Waals surface area contributed by atoms with Crippen molar-refractivity contribution in [3.63, 3.8) is 0 Å². The van der Waals surface area contributed by atoms with Crippen LogP contribution in [0.1, 0.15) is 39.5 Å². The number of rotatable bonds is 6. The number of aryl methyl sites for hydroxylation is 2. The van der Waals surface area contributed by atoms with Gasteiger partial charge in [-0.1, -0.05) is 35.9 Å². The Hall–Kier alpha value is -4.30. The van der Waals surface area contributed by atoms with Gasteiger partial charge in [-0.3, -0.25) is 23.9 Å². The van der Waals surface area contributed by atoms with Crippen LogP contribution in [0.3, 0.4) is 0 Å². The second-order valence-electron chi connectivity index (χ2n) is 10.2. The third-order valence-electron chi connectivity index (χ3n) is 7.16. The molecule has 1 aliphatic rings. The van der Waals surface area contributed by atoms with Crippen LogP contribution in [0.2, 0.25) is 5.02 Å². The Morgan fingerprint density at radius 2 is 1.80 bits per heavy atom. The predicted octanol–water partition coefficient (Wildman–Crippen LogP) is 5.75. The summed E-state index contributed by atoms with van der Waals surface area (Å²) in [4.78, 5) is 44.5. The van der Waals surface area contributed by atoms with E-state index in [0.29, 0.717) is 34.6 Å². The summed E-state index contributed by atoms with van der Waals surface area (Å²) in [6.45, 7) is 3.59. The van der Waals surface area contributed by atoms with Crippen LogP contribution in [0.15, 0.2) is 71.7 Å². The van der Waals surface area contributed by atoms with E-state index in [1.54, 1.807) is 52.3 Å². The maximum absolute atomic E-state index is 15.4. The van der Waals surface area contributed by atoms with Crippen LogP contribution in [0.5, 0.6) is 0 Å². The lowest BCUT2D eigenvalue weighted by Crippen LogP contribution is -2.24. The largest absolute Gasteiger partial charge is 0.345 e. The van der Waals surface area contributed by atoms with Crippen LogP contribution < -0.4 is 10.9 Å². The molecule has 2 aromatic carbocycles.